The van der Waals surface area contributed by atoms with Gasteiger partial charge in [0.05, 0.1) is 24.0 Å². The van der Waals surface area contributed by atoms with Crippen LogP contribution in [-0.4, -0.2) is 70.5 Å². The van der Waals surface area contributed by atoms with Crippen LogP contribution in [0.3, 0.4) is 0 Å². The highest BCUT2D eigenvalue weighted by Crippen LogP contribution is 2.12. The second-order valence-electron chi connectivity index (χ2n) is 6.63. The molecule has 2 rings (SSSR count). The number of nitrogens with one attached hydrogen (secondary N) is 1. The summed E-state index contributed by atoms with van der Waals surface area (Å²) in [5.74, 6) is 0.183. The molecule has 1 fully saturated rings. The molecule has 1 aliphatic rings. The number of hydrogen-bond acceptors (Lipinski definition) is 5. The van der Waals surface area contributed by atoms with Gasteiger partial charge < -0.3 is 10.2 Å². The fourth-order valence-electron chi connectivity index (χ4n) is 2.28. The first-order valence-electron chi connectivity index (χ1n) is 7.45. The zero-order chi connectivity index (χ0) is 15.5. The van der Waals surface area contributed by atoms with Crippen LogP contribution in [0.25, 0.3) is 0 Å². The van der Waals surface area contributed by atoms with Gasteiger partial charge in [-0.15, -0.1) is 17.5 Å². The number of likely N-dealkylation sites (N-methyl/N-ethyl adjacent to an activating group) is 1. The van der Waals surface area contributed by atoms with Gasteiger partial charge in [0.2, 0.25) is 5.91 Å². The van der Waals surface area contributed by atoms with Crippen LogP contribution in [0, 0.1) is 0 Å². The number of carbonyl (C=O) groups excluding carboxylic acids is 1. The van der Waals surface area contributed by atoms with Crippen molar-refractivity contribution in [3.05, 3.63) is 11.9 Å². The molecule has 1 aliphatic heterocycles. The summed E-state index contributed by atoms with van der Waals surface area (Å²) in [4.78, 5) is 16.1. The molecule has 1 saturated heterocycles. The van der Waals surface area contributed by atoms with Gasteiger partial charge in [0, 0.05) is 32.7 Å². The van der Waals surface area contributed by atoms with Gasteiger partial charge in [-0.25, -0.2) is 4.68 Å². The smallest absolute Gasteiger partial charge is 0.236 e. The first-order chi connectivity index (χ1) is 9.86. The Morgan fingerprint density at radius 3 is 2.55 bits per heavy atom. The summed E-state index contributed by atoms with van der Waals surface area (Å²) in [5, 5.41) is 11.6. The first kappa shape index (κ1) is 18.9. The van der Waals surface area contributed by atoms with Crippen molar-refractivity contribution in [2.24, 2.45) is 0 Å². The number of carbonyl (C=O) groups is 1. The Bertz CT molecular complexity index is 478. The molecule has 2 heterocycles. The molecule has 0 aromatic carbocycles. The molecule has 0 spiro atoms. The standard InChI is InChI=1S/C14H26N6O.ClH/c1-14(2,3)20-10-12(16-17-20)9-18(4)11-13(21)19-7-5-15-6-8-19;/h10,15H,5-9,11H2,1-4H3;1H. The van der Waals surface area contributed by atoms with E-state index in [0.29, 0.717) is 13.1 Å². The lowest BCUT2D eigenvalue weighted by atomic mass is 10.1. The van der Waals surface area contributed by atoms with Crippen LogP contribution >= 0.6 is 12.4 Å². The minimum absolute atomic E-state index is 0. The minimum Gasteiger partial charge on any atom is -0.339 e. The highest BCUT2D eigenvalue weighted by atomic mass is 35.5. The van der Waals surface area contributed by atoms with Crippen LogP contribution < -0.4 is 5.32 Å². The Kier molecular flexibility index (Phi) is 6.77. The summed E-state index contributed by atoms with van der Waals surface area (Å²) in [6.07, 6.45) is 1.95. The average Bonchev–Trinajstić information content (AvgIpc) is 2.88. The number of piperazine rings is 1. The normalized spacial score (nSPS) is 15.8. The van der Waals surface area contributed by atoms with Gasteiger partial charge in [-0.05, 0) is 27.8 Å². The predicted molar refractivity (Wildman–Crippen MR) is 88.0 cm³/mol. The van der Waals surface area contributed by atoms with Gasteiger partial charge >= 0.3 is 0 Å². The van der Waals surface area contributed by atoms with Crippen molar-refractivity contribution in [3.63, 3.8) is 0 Å². The van der Waals surface area contributed by atoms with E-state index in [9.17, 15) is 4.79 Å². The second kappa shape index (κ2) is 7.89. The summed E-state index contributed by atoms with van der Waals surface area (Å²) >= 11 is 0. The molecule has 0 bridgehead atoms. The molecule has 0 radical (unpaired) electrons. The van der Waals surface area contributed by atoms with Crippen molar-refractivity contribution < 1.29 is 4.79 Å². The van der Waals surface area contributed by atoms with Gasteiger partial charge in [0.1, 0.15) is 0 Å². The number of rotatable bonds is 4. The lowest BCUT2D eigenvalue weighted by Crippen LogP contribution is -2.49. The Labute approximate surface area is 138 Å². The van der Waals surface area contributed by atoms with Crippen LogP contribution in [0.5, 0.6) is 0 Å². The Morgan fingerprint density at radius 2 is 2.00 bits per heavy atom. The third-order valence-corrected chi connectivity index (χ3v) is 3.53. The monoisotopic (exact) mass is 330 g/mol. The van der Waals surface area contributed by atoms with Crippen molar-refractivity contribution >= 4 is 18.3 Å². The van der Waals surface area contributed by atoms with Crippen molar-refractivity contribution in [1.82, 2.24) is 30.1 Å². The van der Waals surface area contributed by atoms with E-state index in [1.807, 2.05) is 27.7 Å². The number of nitrogens with zero attached hydrogens (tertiary/aromatic N) is 5. The molecule has 126 valence electrons. The van der Waals surface area contributed by atoms with Crippen LogP contribution in [-0.2, 0) is 16.9 Å². The molecular formula is C14H27ClN6O. The molecular weight excluding hydrogens is 304 g/mol. The van der Waals surface area contributed by atoms with Gasteiger partial charge in [0.25, 0.3) is 0 Å². The summed E-state index contributed by atoms with van der Waals surface area (Å²) in [6, 6.07) is 0. The van der Waals surface area contributed by atoms with E-state index in [1.54, 1.807) is 0 Å². The fraction of sp³-hybridized carbons (Fsp3) is 0.786. The van der Waals surface area contributed by atoms with E-state index < -0.39 is 0 Å². The summed E-state index contributed by atoms with van der Waals surface area (Å²) in [5.41, 5.74) is 0.820. The Morgan fingerprint density at radius 1 is 1.36 bits per heavy atom. The lowest BCUT2D eigenvalue weighted by molar-refractivity contribution is -0.132. The average molecular weight is 331 g/mol. The van der Waals surface area contributed by atoms with Crippen LogP contribution in [0.1, 0.15) is 26.5 Å². The maximum Gasteiger partial charge on any atom is 0.236 e. The molecule has 1 amide bonds. The molecule has 0 saturated carbocycles. The number of aromatic nitrogens is 3. The predicted octanol–water partition coefficient (Wildman–Crippen LogP) is 0.319. The largest absolute Gasteiger partial charge is 0.339 e. The topological polar surface area (TPSA) is 66.3 Å². The number of halogens is 1. The molecule has 8 heteroatoms. The third-order valence-electron chi connectivity index (χ3n) is 3.53. The Hall–Kier alpha value is -1.18. The molecule has 7 nitrogen and oxygen atoms in total. The van der Waals surface area contributed by atoms with Crippen LogP contribution in [0.15, 0.2) is 6.20 Å². The van der Waals surface area contributed by atoms with E-state index in [2.05, 4.69) is 36.4 Å². The van der Waals surface area contributed by atoms with Crippen molar-refractivity contribution in [2.75, 3.05) is 39.8 Å². The zero-order valence-electron chi connectivity index (χ0n) is 13.9. The summed E-state index contributed by atoms with van der Waals surface area (Å²) < 4.78 is 1.86. The van der Waals surface area contributed by atoms with Gasteiger partial charge in [-0.3, -0.25) is 9.69 Å². The van der Waals surface area contributed by atoms with Crippen molar-refractivity contribution in [1.29, 1.82) is 0 Å². The molecule has 22 heavy (non-hydrogen) atoms. The molecule has 0 atom stereocenters. The van der Waals surface area contributed by atoms with E-state index >= 15 is 0 Å². The van der Waals surface area contributed by atoms with E-state index in [1.165, 1.54) is 0 Å². The molecule has 0 aliphatic carbocycles. The molecule has 1 N–H and O–H groups in total. The number of amides is 1. The SMILES string of the molecule is CN(CC(=O)N1CCNCC1)Cc1cn(C(C)(C)C)nn1.Cl. The van der Waals surface area contributed by atoms with E-state index in [4.69, 9.17) is 0 Å². The van der Waals surface area contributed by atoms with E-state index in [0.717, 1.165) is 31.9 Å². The quantitative estimate of drug-likeness (QED) is 0.861. The Balaban J connectivity index is 0.00000242. The van der Waals surface area contributed by atoms with Crippen LogP contribution in [0.2, 0.25) is 0 Å². The molecule has 1 aromatic heterocycles. The van der Waals surface area contributed by atoms with Crippen molar-refractivity contribution in [2.45, 2.75) is 32.9 Å². The van der Waals surface area contributed by atoms with Gasteiger partial charge in [0.15, 0.2) is 0 Å². The second-order valence-corrected chi connectivity index (χ2v) is 6.63. The highest BCUT2D eigenvalue weighted by Gasteiger charge is 2.19. The highest BCUT2D eigenvalue weighted by molar-refractivity contribution is 5.85. The van der Waals surface area contributed by atoms with Gasteiger partial charge in [-0.1, -0.05) is 5.21 Å². The lowest BCUT2D eigenvalue weighted by Gasteiger charge is -2.29. The minimum atomic E-state index is -0.0690. The fourth-order valence-corrected chi connectivity index (χ4v) is 2.28. The van der Waals surface area contributed by atoms with Crippen molar-refractivity contribution in [3.8, 4) is 0 Å². The summed E-state index contributed by atoms with van der Waals surface area (Å²) in [7, 11) is 1.94. The maximum absolute atomic E-state index is 12.2. The number of hydrogen-bond donors (Lipinski definition) is 1. The first-order valence-corrected chi connectivity index (χ1v) is 7.45. The molecule has 0 unspecified atom stereocenters. The van der Waals surface area contributed by atoms with E-state index in [-0.39, 0.29) is 23.9 Å². The zero-order valence-corrected chi connectivity index (χ0v) is 14.7. The van der Waals surface area contributed by atoms with Gasteiger partial charge in [-0.2, -0.15) is 0 Å². The molecule has 1 aromatic rings. The van der Waals surface area contributed by atoms with Crippen LogP contribution in [0.4, 0.5) is 0 Å². The summed E-state index contributed by atoms with van der Waals surface area (Å²) in [6.45, 7) is 10.7. The third kappa shape index (κ3) is 5.23. The maximum atomic E-state index is 12.2.